The molecular weight excluding hydrogens is 286 g/mol. The fraction of sp³-hybridized carbons (Fsp3) is 0.500. The average Bonchev–Trinajstić information content (AvgIpc) is 3.17. The maximum atomic E-state index is 6.42. The van der Waals surface area contributed by atoms with Crippen LogP contribution >= 0.6 is 11.8 Å². The molecule has 0 bridgehead atoms. The summed E-state index contributed by atoms with van der Waals surface area (Å²) in [7, 11) is 1.68. The van der Waals surface area contributed by atoms with Gasteiger partial charge in [-0.1, -0.05) is 17.8 Å². The average molecular weight is 303 g/mol. The third-order valence-corrected chi connectivity index (χ3v) is 5.39. The highest BCUT2D eigenvalue weighted by Gasteiger charge is 2.34. The molecule has 1 saturated carbocycles. The zero-order valence-corrected chi connectivity index (χ0v) is 12.6. The number of hydrogen-bond donors (Lipinski definition) is 1. The van der Waals surface area contributed by atoms with Crippen LogP contribution in [0, 0.1) is 0 Å². The van der Waals surface area contributed by atoms with Gasteiger partial charge < -0.3 is 10.5 Å². The Morgan fingerprint density at radius 2 is 2.24 bits per heavy atom. The quantitative estimate of drug-likeness (QED) is 0.926. The van der Waals surface area contributed by atoms with Gasteiger partial charge in [-0.3, -0.25) is 0 Å². The highest BCUT2D eigenvalue weighted by atomic mass is 32.2. The van der Waals surface area contributed by atoms with Crippen LogP contribution in [-0.2, 0) is 6.42 Å². The van der Waals surface area contributed by atoms with Crippen molar-refractivity contribution in [2.75, 3.05) is 7.11 Å². The summed E-state index contributed by atoms with van der Waals surface area (Å²) in [5, 5.41) is 13.2. The fourth-order valence-corrected chi connectivity index (χ4v) is 4.01. The highest BCUT2D eigenvalue weighted by Crippen LogP contribution is 2.43. The molecule has 7 heteroatoms. The number of nitrogens with zero attached hydrogens (tertiary/aromatic N) is 4. The SMILES string of the molecule is COc1ccc2c(c1)C(N)C(Sc1nnnn1C1CC1)C2. The Morgan fingerprint density at radius 1 is 1.38 bits per heavy atom. The van der Waals surface area contributed by atoms with Gasteiger partial charge in [0.2, 0.25) is 5.16 Å². The molecular formula is C14H17N5OS. The van der Waals surface area contributed by atoms with Gasteiger partial charge in [0.05, 0.1) is 13.2 Å². The minimum atomic E-state index is -0.00977. The van der Waals surface area contributed by atoms with E-state index in [1.807, 2.05) is 16.8 Å². The van der Waals surface area contributed by atoms with E-state index in [1.165, 1.54) is 24.0 Å². The lowest BCUT2D eigenvalue weighted by Gasteiger charge is -2.15. The molecule has 2 atom stereocenters. The van der Waals surface area contributed by atoms with Crippen LogP contribution in [0.25, 0.3) is 0 Å². The summed E-state index contributed by atoms with van der Waals surface area (Å²) in [5.74, 6) is 0.859. The predicted octanol–water partition coefficient (Wildman–Crippen LogP) is 1.73. The number of fused-ring (bicyclic) bond motifs is 1. The van der Waals surface area contributed by atoms with E-state index in [0.717, 1.165) is 17.3 Å². The summed E-state index contributed by atoms with van der Waals surface area (Å²) >= 11 is 1.69. The summed E-state index contributed by atoms with van der Waals surface area (Å²) in [6.45, 7) is 0. The lowest BCUT2D eigenvalue weighted by molar-refractivity contribution is 0.414. The Morgan fingerprint density at radius 3 is 3.00 bits per heavy atom. The van der Waals surface area contributed by atoms with E-state index in [1.54, 1.807) is 18.9 Å². The molecule has 2 aliphatic rings. The van der Waals surface area contributed by atoms with Crippen LogP contribution in [0.15, 0.2) is 23.4 Å². The standard InChI is InChI=1S/C14H17N5OS/c1-20-10-5-2-8-6-12(13(15)11(8)7-10)21-14-16-17-18-19(14)9-3-4-9/h2,5,7,9,12-13H,3-4,6,15H2,1H3. The third-order valence-electron chi connectivity index (χ3n) is 4.15. The van der Waals surface area contributed by atoms with Crippen LogP contribution in [0.2, 0.25) is 0 Å². The molecule has 0 amide bonds. The molecule has 4 rings (SSSR count). The second-order valence-electron chi connectivity index (χ2n) is 5.59. The number of methoxy groups -OCH3 is 1. The number of ether oxygens (including phenoxy) is 1. The first-order valence-electron chi connectivity index (χ1n) is 7.13. The summed E-state index contributed by atoms with van der Waals surface area (Å²) in [5.41, 5.74) is 8.89. The van der Waals surface area contributed by atoms with Crippen LogP contribution in [-0.4, -0.2) is 32.6 Å². The largest absolute Gasteiger partial charge is 0.497 e. The van der Waals surface area contributed by atoms with Crippen LogP contribution in [0.5, 0.6) is 5.75 Å². The first-order chi connectivity index (χ1) is 10.3. The topological polar surface area (TPSA) is 78.8 Å². The van der Waals surface area contributed by atoms with Crippen LogP contribution in [0.1, 0.15) is 36.1 Å². The van der Waals surface area contributed by atoms with Crippen molar-refractivity contribution in [3.63, 3.8) is 0 Å². The van der Waals surface area contributed by atoms with Crippen molar-refractivity contribution in [1.29, 1.82) is 0 Å². The smallest absolute Gasteiger partial charge is 0.209 e. The first kappa shape index (κ1) is 13.1. The van der Waals surface area contributed by atoms with E-state index < -0.39 is 0 Å². The molecule has 2 N–H and O–H groups in total. The van der Waals surface area contributed by atoms with Gasteiger partial charge in [-0.25, -0.2) is 4.68 Å². The summed E-state index contributed by atoms with van der Waals surface area (Å²) in [4.78, 5) is 0. The summed E-state index contributed by atoms with van der Waals surface area (Å²) in [6, 6.07) is 6.63. The van der Waals surface area contributed by atoms with E-state index in [4.69, 9.17) is 10.5 Å². The molecule has 6 nitrogen and oxygen atoms in total. The zero-order valence-electron chi connectivity index (χ0n) is 11.8. The van der Waals surface area contributed by atoms with Gasteiger partial charge in [-0.2, -0.15) is 0 Å². The van der Waals surface area contributed by atoms with Crippen molar-refractivity contribution in [3.8, 4) is 5.75 Å². The van der Waals surface area contributed by atoms with E-state index >= 15 is 0 Å². The highest BCUT2D eigenvalue weighted by molar-refractivity contribution is 7.99. The molecule has 0 spiro atoms. The molecule has 21 heavy (non-hydrogen) atoms. The Hall–Kier alpha value is -1.60. The molecule has 1 heterocycles. The Balaban J connectivity index is 1.56. The van der Waals surface area contributed by atoms with Crippen molar-refractivity contribution < 1.29 is 4.74 Å². The van der Waals surface area contributed by atoms with Crippen LogP contribution in [0.3, 0.4) is 0 Å². The second kappa shape index (κ2) is 4.99. The molecule has 2 unspecified atom stereocenters. The van der Waals surface area contributed by atoms with Crippen LogP contribution < -0.4 is 10.5 Å². The lowest BCUT2D eigenvalue weighted by atomic mass is 10.1. The minimum absolute atomic E-state index is 0.00977. The van der Waals surface area contributed by atoms with Gasteiger partial charge in [0.25, 0.3) is 0 Å². The molecule has 0 radical (unpaired) electrons. The molecule has 0 saturated heterocycles. The number of thioether (sulfide) groups is 1. The van der Waals surface area contributed by atoms with Gasteiger partial charge in [0.15, 0.2) is 0 Å². The molecule has 2 aliphatic carbocycles. The van der Waals surface area contributed by atoms with Crippen molar-refractivity contribution in [1.82, 2.24) is 20.2 Å². The Kier molecular flexibility index (Phi) is 3.11. The molecule has 0 aliphatic heterocycles. The van der Waals surface area contributed by atoms with Crippen molar-refractivity contribution in [3.05, 3.63) is 29.3 Å². The van der Waals surface area contributed by atoms with E-state index in [0.29, 0.717) is 6.04 Å². The maximum absolute atomic E-state index is 6.42. The van der Waals surface area contributed by atoms with E-state index in [2.05, 4.69) is 21.6 Å². The van der Waals surface area contributed by atoms with Gasteiger partial charge in [0, 0.05) is 11.3 Å². The maximum Gasteiger partial charge on any atom is 0.209 e. The number of nitrogens with two attached hydrogens (primary N) is 1. The van der Waals surface area contributed by atoms with Gasteiger partial charge in [-0.15, -0.1) is 5.10 Å². The predicted molar refractivity (Wildman–Crippen MR) is 79.4 cm³/mol. The second-order valence-corrected chi connectivity index (χ2v) is 6.79. The Labute approximate surface area is 127 Å². The first-order valence-corrected chi connectivity index (χ1v) is 8.01. The molecule has 1 aromatic carbocycles. The number of aromatic nitrogens is 4. The third kappa shape index (κ3) is 2.30. The lowest BCUT2D eigenvalue weighted by Crippen LogP contribution is -2.19. The minimum Gasteiger partial charge on any atom is -0.497 e. The zero-order chi connectivity index (χ0) is 14.4. The number of rotatable bonds is 4. The van der Waals surface area contributed by atoms with Crippen molar-refractivity contribution in [2.45, 2.75) is 41.8 Å². The monoisotopic (exact) mass is 303 g/mol. The van der Waals surface area contributed by atoms with Crippen molar-refractivity contribution in [2.24, 2.45) is 5.73 Å². The van der Waals surface area contributed by atoms with E-state index in [9.17, 15) is 0 Å². The number of hydrogen-bond acceptors (Lipinski definition) is 6. The molecule has 1 fully saturated rings. The fourth-order valence-electron chi connectivity index (χ4n) is 2.80. The van der Waals surface area contributed by atoms with Gasteiger partial charge >= 0.3 is 0 Å². The summed E-state index contributed by atoms with van der Waals surface area (Å²) in [6.07, 6.45) is 3.29. The Bertz CT molecular complexity index is 669. The summed E-state index contributed by atoms with van der Waals surface area (Å²) < 4.78 is 7.23. The van der Waals surface area contributed by atoms with Crippen molar-refractivity contribution >= 4 is 11.8 Å². The molecule has 110 valence electrons. The van der Waals surface area contributed by atoms with Gasteiger partial charge in [-0.05, 0) is 52.9 Å². The van der Waals surface area contributed by atoms with Gasteiger partial charge in [0.1, 0.15) is 5.75 Å². The number of tetrazole rings is 1. The molecule has 2 aromatic rings. The normalized spacial score (nSPS) is 24.1. The van der Waals surface area contributed by atoms with E-state index in [-0.39, 0.29) is 11.3 Å². The van der Waals surface area contributed by atoms with Crippen LogP contribution in [0.4, 0.5) is 0 Å². The number of benzene rings is 1. The molecule has 1 aromatic heterocycles.